The molecule has 3 nitrogen and oxygen atoms in total. The molecule has 1 amide bonds. The van der Waals surface area contributed by atoms with E-state index in [1.165, 1.54) is 23.3 Å². The summed E-state index contributed by atoms with van der Waals surface area (Å²) < 4.78 is 13.1. The molecule has 1 aliphatic heterocycles. The molecule has 2 aromatic carbocycles. The summed E-state index contributed by atoms with van der Waals surface area (Å²) in [5.74, 6) is 1.91. The van der Waals surface area contributed by atoms with Gasteiger partial charge in [0.2, 0.25) is 5.91 Å². The van der Waals surface area contributed by atoms with Crippen molar-refractivity contribution in [3.05, 3.63) is 71.0 Å². The number of hydrogen-bond acceptors (Lipinski definition) is 3. The Morgan fingerprint density at radius 1 is 1.21 bits per heavy atom. The van der Waals surface area contributed by atoms with Gasteiger partial charge in [-0.3, -0.25) is 9.69 Å². The highest BCUT2D eigenvalue weighted by Crippen LogP contribution is 2.19. The molecule has 1 saturated heterocycles. The van der Waals surface area contributed by atoms with Gasteiger partial charge in [0.15, 0.2) is 0 Å². The molecule has 0 radical (unpaired) electrons. The van der Waals surface area contributed by atoms with Crippen LogP contribution in [-0.4, -0.2) is 36.2 Å². The number of nitrogens with zero attached hydrogens (tertiary/aromatic N) is 1. The standard InChI is InChI=1S/C23H29FN2OS/c1-18-4-2-5-20(14-18)17-28-13-11-25-23(27)21-6-3-12-26(16-21)15-19-7-9-22(24)10-8-19/h2,4-5,7-10,14,21H,3,6,11-13,15-17H2,1H3,(H,25,27)/t21-/m1/s1. The molecule has 150 valence electrons. The normalized spacial score (nSPS) is 17.4. The minimum Gasteiger partial charge on any atom is -0.355 e. The predicted molar refractivity (Wildman–Crippen MR) is 115 cm³/mol. The minimum atomic E-state index is -0.208. The maximum Gasteiger partial charge on any atom is 0.224 e. The number of thioether (sulfide) groups is 1. The predicted octanol–water partition coefficient (Wildman–Crippen LogP) is 4.40. The Labute approximate surface area is 171 Å². The molecule has 1 aliphatic rings. The van der Waals surface area contributed by atoms with Crippen molar-refractivity contribution < 1.29 is 9.18 Å². The zero-order valence-corrected chi connectivity index (χ0v) is 17.3. The SMILES string of the molecule is Cc1cccc(CSCCNC(=O)[C@@H]2CCCN(Cc3ccc(F)cc3)C2)c1. The second-order valence-corrected chi connectivity index (χ2v) is 8.64. The lowest BCUT2D eigenvalue weighted by atomic mass is 9.96. The van der Waals surface area contributed by atoms with Crippen molar-refractivity contribution in [2.24, 2.45) is 5.92 Å². The highest BCUT2D eigenvalue weighted by molar-refractivity contribution is 7.98. The number of nitrogens with one attached hydrogen (secondary N) is 1. The highest BCUT2D eigenvalue weighted by Gasteiger charge is 2.25. The number of aryl methyl sites for hydroxylation is 1. The van der Waals surface area contributed by atoms with Crippen molar-refractivity contribution in [1.29, 1.82) is 0 Å². The Kier molecular flexibility index (Phi) is 7.92. The van der Waals surface area contributed by atoms with Gasteiger partial charge in [0.25, 0.3) is 0 Å². The number of carbonyl (C=O) groups excluding carboxylic acids is 1. The van der Waals surface area contributed by atoms with Crippen LogP contribution < -0.4 is 5.32 Å². The summed E-state index contributed by atoms with van der Waals surface area (Å²) in [6.07, 6.45) is 1.98. The summed E-state index contributed by atoms with van der Waals surface area (Å²) in [6, 6.07) is 15.2. The summed E-state index contributed by atoms with van der Waals surface area (Å²) >= 11 is 1.85. The lowest BCUT2D eigenvalue weighted by molar-refractivity contribution is -0.126. The first-order valence-corrected chi connectivity index (χ1v) is 11.1. The van der Waals surface area contributed by atoms with Crippen molar-refractivity contribution in [3.63, 3.8) is 0 Å². The van der Waals surface area contributed by atoms with Crippen LogP contribution in [0.3, 0.4) is 0 Å². The molecule has 1 heterocycles. The van der Waals surface area contributed by atoms with E-state index >= 15 is 0 Å². The van der Waals surface area contributed by atoms with Gasteiger partial charge >= 0.3 is 0 Å². The van der Waals surface area contributed by atoms with E-state index < -0.39 is 0 Å². The quantitative estimate of drug-likeness (QED) is 0.667. The summed E-state index contributed by atoms with van der Waals surface area (Å²) in [5.41, 5.74) is 3.71. The van der Waals surface area contributed by atoms with Crippen LogP contribution in [-0.2, 0) is 17.1 Å². The molecule has 1 atom stereocenters. The topological polar surface area (TPSA) is 32.3 Å². The van der Waals surface area contributed by atoms with Gasteiger partial charge in [0, 0.05) is 31.1 Å². The lowest BCUT2D eigenvalue weighted by Crippen LogP contribution is -2.43. The molecular formula is C23H29FN2OS. The Balaban J connectivity index is 1.36. The van der Waals surface area contributed by atoms with Gasteiger partial charge in [-0.25, -0.2) is 4.39 Å². The van der Waals surface area contributed by atoms with Crippen LogP contribution in [0.15, 0.2) is 48.5 Å². The Bertz CT molecular complexity index is 765. The van der Waals surface area contributed by atoms with Crippen molar-refractivity contribution in [3.8, 4) is 0 Å². The molecule has 1 fully saturated rings. The second-order valence-electron chi connectivity index (χ2n) is 7.53. The largest absolute Gasteiger partial charge is 0.355 e. The molecule has 0 saturated carbocycles. The molecule has 0 aromatic heterocycles. The molecule has 0 spiro atoms. The maximum absolute atomic E-state index is 13.1. The number of benzene rings is 2. The average molecular weight is 401 g/mol. The molecule has 0 bridgehead atoms. The fourth-order valence-corrected chi connectivity index (χ4v) is 4.45. The van der Waals surface area contributed by atoms with Crippen LogP contribution in [0.1, 0.15) is 29.5 Å². The fraction of sp³-hybridized carbons (Fsp3) is 0.435. The Hall–Kier alpha value is -1.85. The Morgan fingerprint density at radius 2 is 2.04 bits per heavy atom. The second kappa shape index (κ2) is 10.6. The van der Waals surface area contributed by atoms with Crippen LogP contribution in [0.5, 0.6) is 0 Å². The van der Waals surface area contributed by atoms with Crippen molar-refractivity contribution in [1.82, 2.24) is 10.2 Å². The van der Waals surface area contributed by atoms with E-state index in [1.54, 1.807) is 0 Å². The van der Waals surface area contributed by atoms with Gasteiger partial charge in [0.1, 0.15) is 5.82 Å². The molecule has 0 unspecified atom stereocenters. The van der Waals surface area contributed by atoms with Crippen molar-refractivity contribution >= 4 is 17.7 Å². The molecular weight excluding hydrogens is 371 g/mol. The number of hydrogen-bond donors (Lipinski definition) is 1. The van der Waals surface area contributed by atoms with Gasteiger partial charge in [-0.1, -0.05) is 42.0 Å². The summed E-state index contributed by atoms with van der Waals surface area (Å²) in [7, 11) is 0. The van der Waals surface area contributed by atoms with Gasteiger partial charge in [-0.05, 0) is 49.6 Å². The van der Waals surface area contributed by atoms with Gasteiger partial charge < -0.3 is 5.32 Å². The smallest absolute Gasteiger partial charge is 0.224 e. The molecule has 0 aliphatic carbocycles. The lowest BCUT2D eigenvalue weighted by Gasteiger charge is -2.32. The average Bonchev–Trinajstić information content (AvgIpc) is 2.70. The fourth-order valence-electron chi connectivity index (χ4n) is 3.64. The number of likely N-dealkylation sites (tertiary alicyclic amines) is 1. The third kappa shape index (κ3) is 6.64. The summed E-state index contributed by atoms with van der Waals surface area (Å²) in [4.78, 5) is 14.8. The van der Waals surface area contributed by atoms with Crippen LogP contribution >= 0.6 is 11.8 Å². The monoisotopic (exact) mass is 400 g/mol. The maximum atomic E-state index is 13.1. The van der Waals surface area contributed by atoms with Crippen molar-refractivity contribution in [2.45, 2.75) is 32.1 Å². The van der Waals surface area contributed by atoms with Gasteiger partial charge in [0.05, 0.1) is 5.92 Å². The Morgan fingerprint density at radius 3 is 2.82 bits per heavy atom. The van der Waals surface area contributed by atoms with E-state index in [9.17, 15) is 9.18 Å². The molecule has 5 heteroatoms. The molecule has 1 N–H and O–H groups in total. The third-order valence-electron chi connectivity index (χ3n) is 5.09. The first-order chi connectivity index (χ1) is 13.6. The number of carbonyl (C=O) groups is 1. The minimum absolute atomic E-state index is 0.0518. The zero-order chi connectivity index (χ0) is 19.8. The first kappa shape index (κ1) is 20.9. The van der Waals surface area contributed by atoms with E-state index in [0.29, 0.717) is 6.54 Å². The van der Waals surface area contributed by atoms with E-state index in [0.717, 1.165) is 49.5 Å². The van der Waals surface area contributed by atoms with E-state index in [-0.39, 0.29) is 17.6 Å². The number of halogens is 1. The van der Waals surface area contributed by atoms with Crippen LogP contribution in [0.4, 0.5) is 4.39 Å². The highest BCUT2D eigenvalue weighted by atomic mass is 32.2. The number of amides is 1. The van der Waals surface area contributed by atoms with Crippen LogP contribution in [0, 0.1) is 18.7 Å². The van der Waals surface area contributed by atoms with E-state index in [2.05, 4.69) is 41.4 Å². The molecule has 2 aromatic rings. The summed E-state index contributed by atoms with van der Waals surface area (Å²) in [6.45, 7) is 5.37. The number of rotatable bonds is 8. The molecule has 28 heavy (non-hydrogen) atoms. The van der Waals surface area contributed by atoms with Gasteiger partial charge in [-0.15, -0.1) is 0 Å². The number of piperidine rings is 1. The van der Waals surface area contributed by atoms with Gasteiger partial charge in [-0.2, -0.15) is 11.8 Å². The summed E-state index contributed by atoms with van der Waals surface area (Å²) in [5, 5.41) is 3.11. The van der Waals surface area contributed by atoms with E-state index in [1.807, 2.05) is 23.9 Å². The van der Waals surface area contributed by atoms with Crippen molar-refractivity contribution in [2.75, 3.05) is 25.4 Å². The van der Waals surface area contributed by atoms with E-state index in [4.69, 9.17) is 0 Å². The molecule has 3 rings (SSSR count). The zero-order valence-electron chi connectivity index (χ0n) is 16.5. The van der Waals surface area contributed by atoms with Crippen LogP contribution in [0.25, 0.3) is 0 Å². The first-order valence-electron chi connectivity index (χ1n) is 9.98. The third-order valence-corrected chi connectivity index (χ3v) is 6.12. The van der Waals surface area contributed by atoms with Crippen LogP contribution in [0.2, 0.25) is 0 Å².